The van der Waals surface area contributed by atoms with Crippen molar-refractivity contribution in [2.45, 2.75) is 56.6 Å². The van der Waals surface area contributed by atoms with E-state index in [9.17, 15) is 8.42 Å². The third-order valence-corrected chi connectivity index (χ3v) is 7.55. The Kier molecular flexibility index (Phi) is 5.64. The number of halogens is 1. The molecule has 0 amide bonds. The number of thiophene rings is 1. The molecule has 1 heterocycles. The molecule has 114 valence electrons. The normalized spacial score (nSPS) is 24.6. The Balaban J connectivity index is 2.19. The van der Waals surface area contributed by atoms with Gasteiger partial charge in [0.25, 0.3) is 0 Å². The van der Waals surface area contributed by atoms with Gasteiger partial charge in [0.05, 0.1) is 10.4 Å². The van der Waals surface area contributed by atoms with Crippen LogP contribution in [0.4, 0.5) is 0 Å². The number of aliphatic hydroxyl groups excluding tert-OH is 1. The number of hydrogen-bond acceptors (Lipinski definition) is 4. The second-order valence-corrected chi connectivity index (χ2v) is 9.49. The number of hydrogen-bond donors (Lipinski definition) is 2. The van der Waals surface area contributed by atoms with Gasteiger partial charge in [-0.15, -0.1) is 11.3 Å². The smallest absolute Gasteiger partial charge is 0.242 e. The standard InChI is InChI=1S/C13H20BrNO3S2/c1-9-5-3-2-4-6-11(9)15-20(17,18)12-7-10(8-16)19-13(12)14/h7,9,11,15-16H,2-6,8H2,1H3. The predicted octanol–water partition coefficient (Wildman–Crippen LogP) is 3.25. The van der Waals surface area contributed by atoms with Crippen LogP contribution in [-0.2, 0) is 16.6 Å². The van der Waals surface area contributed by atoms with Gasteiger partial charge >= 0.3 is 0 Å². The monoisotopic (exact) mass is 381 g/mol. The van der Waals surface area contributed by atoms with Crippen LogP contribution in [-0.4, -0.2) is 19.6 Å². The molecule has 7 heteroatoms. The molecule has 0 aromatic carbocycles. The molecule has 4 nitrogen and oxygen atoms in total. The number of aliphatic hydroxyl groups is 1. The number of sulfonamides is 1. The van der Waals surface area contributed by atoms with Crippen molar-refractivity contribution in [2.75, 3.05) is 0 Å². The molecule has 0 radical (unpaired) electrons. The first-order valence-electron chi connectivity index (χ1n) is 6.85. The Morgan fingerprint density at radius 1 is 1.40 bits per heavy atom. The summed E-state index contributed by atoms with van der Waals surface area (Å²) in [4.78, 5) is 0.883. The minimum absolute atomic E-state index is 0.00637. The summed E-state index contributed by atoms with van der Waals surface area (Å²) >= 11 is 4.53. The van der Waals surface area contributed by atoms with Crippen LogP contribution in [0.3, 0.4) is 0 Å². The van der Waals surface area contributed by atoms with E-state index in [0.717, 1.165) is 19.3 Å². The van der Waals surface area contributed by atoms with E-state index < -0.39 is 10.0 Å². The molecular formula is C13H20BrNO3S2. The first-order valence-corrected chi connectivity index (χ1v) is 9.94. The molecule has 2 atom stereocenters. The van der Waals surface area contributed by atoms with Gasteiger partial charge in [-0.05, 0) is 40.8 Å². The van der Waals surface area contributed by atoms with E-state index in [4.69, 9.17) is 5.11 Å². The Bertz CT molecular complexity index is 556. The molecule has 2 N–H and O–H groups in total. The van der Waals surface area contributed by atoms with Crippen LogP contribution in [0.25, 0.3) is 0 Å². The first kappa shape index (κ1) is 16.4. The minimum Gasteiger partial charge on any atom is -0.391 e. The second-order valence-electron chi connectivity index (χ2n) is 5.35. The van der Waals surface area contributed by atoms with Gasteiger partial charge < -0.3 is 5.11 Å². The molecule has 0 spiro atoms. The minimum atomic E-state index is -3.53. The Hall–Kier alpha value is 0.0500. The average molecular weight is 382 g/mol. The Morgan fingerprint density at radius 2 is 2.10 bits per heavy atom. The van der Waals surface area contributed by atoms with Crippen LogP contribution in [0.15, 0.2) is 14.7 Å². The van der Waals surface area contributed by atoms with Crippen molar-refractivity contribution >= 4 is 37.3 Å². The Morgan fingerprint density at radius 3 is 2.75 bits per heavy atom. The van der Waals surface area contributed by atoms with Crippen molar-refractivity contribution in [2.24, 2.45) is 5.92 Å². The van der Waals surface area contributed by atoms with E-state index in [1.54, 1.807) is 6.07 Å². The molecule has 20 heavy (non-hydrogen) atoms. The van der Waals surface area contributed by atoms with Gasteiger partial charge in [0.15, 0.2) is 0 Å². The van der Waals surface area contributed by atoms with Crippen LogP contribution in [0, 0.1) is 5.92 Å². The average Bonchev–Trinajstić information content (AvgIpc) is 2.68. The number of rotatable bonds is 4. The molecule has 0 bridgehead atoms. The molecule has 1 aliphatic rings. The van der Waals surface area contributed by atoms with Crippen molar-refractivity contribution in [1.82, 2.24) is 4.72 Å². The van der Waals surface area contributed by atoms with Crippen LogP contribution in [0.2, 0.25) is 0 Å². The molecule has 1 aromatic rings. The van der Waals surface area contributed by atoms with E-state index in [2.05, 4.69) is 27.6 Å². The third-order valence-electron chi connectivity index (χ3n) is 3.82. The lowest BCUT2D eigenvalue weighted by Crippen LogP contribution is -2.38. The molecule has 0 aliphatic heterocycles. The molecule has 2 rings (SSSR count). The maximum absolute atomic E-state index is 12.5. The fourth-order valence-electron chi connectivity index (χ4n) is 2.59. The van der Waals surface area contributed by atoms with Crippen LogP contribution in [0.1, 0.15) is 43.9 Å². The van der Waals surface area contributed by atoms with E-state index in [1.807, 2.05) is 0 Å². The molecule has 2 unspecified atom stereocenters. The highest BCUT2D eigenvalue weighted by atomic mass is 79.9. The highest BCUT2D eigenvalue weighted by Gasteiger charge is 2.28. The third kappa shape index (κ3) is 3.82. The van der Waals surface area contributed by atoms with Gasteiger partial charge in [-0.2, -0.15) is 0 Å². The van der Waals surface area contributed by atoms with Gasteiger partial charge in [-0.3, -0.25) is 0 Å². The lowest BCUT2D eigenvalue weighted by atomic mass is 9.98. The maximum atomic E-state index is 12.5. The van der Waals surface area contributed by atoms with Gasteiger partial charge in [0, 0.05) is 10.9 Å². The van der Waals surface area contributed by atoms with Crippen molar-refractivity contribution in [3.63, 3.8) is 0 Å². The molecule has 1 aromatic heterocycles. The molecule has 1 saturated carbocycles. The zero-order valence-electron chi connectivity index (χ0n) is 11.4. The van der Waals surface area contributed by atoms with Crippen LogP contribution < -0.4 is 4.72 Å². The fourth-order valence-corrected chi connectivity index (χ4v) is 6.51. The zero-order valence-corrected chi connectivity index (χ0v) is 14.7. The molecule has 1 fully saturated rings. The first-order chi connectivity index (χ1) is 9.44. The van der Waals surface area contributed by atoms with Gasteiger partial charge in [-0.25, -0.2) is 13.1 Å². The summed E-state index contributed by atoms with van der Waals surface area (Å²) in [6.07, 6.45) is 5.40. The van der Waals surface area contributed by atoms with Gasteiger partial charge in [0.1, 0.15) is 4.90 Å². The summed E-state index contributed by atoms with van der Waals surface area (Å²) < 4.78 is 28.4. The fraction of sp³-hybridized carbons (Fsp3) is 0.692. The van der Waals surface area contributed by atoms with Gasteiger partial charge in [0.2, 0.25) is 10.0 Å². The highest BCUT2D eigenvalue weighted by molar-refractivity contribution is 9.11. The van der Waals surface area contributed by atoms with E-state index in [0.29, 0.717) is 14.6 Å². The summed E-state index contributed by atoms with van der Waals surface area (Å²) in [5, 5.41) is 9.12. The van der Waals surface area contributed by atoms with E-state index in [1.165, 1.54) is 24.2 Å². The summed E-state index contributed by atoms with van der Waals surface area (Å²) in [6, 6.07) is 1.55. The highest BCUT2D eigenvalue weighted by Crippen LogP contribution is 2.33. The van der Waals surface area contributed by atoms with Crippen molar-refractivity contribution in [3.8, 4) is 0 Å². The number of nitrogens with one attached hydrogen (secondary N) is 1. The van der Waals surface area contributed by atoms with Crippen LogP contribution in [0.5, 0.6) is 0 Å². The summed E-state index contributed by atoms with van der Waals surface area (Å²) in [6.45, 7) is 1.97. The lowest BCUT2D eigenvalue weighted by Gasteiger charge is -2.22. The SMILES string of the molecule is CC1CCCCCC1NS(=O)(=O)c1cc(CO)sc1Br. The zero-order chi connectivity index (χ0) is 14.8. The summed E-state index contributed by atoms with van der Waals surface area (Å²) in [5.74, 6) is 0.363. The van der Waals surface area contributed by atoms with E-state index >= 15 is 0 Å². The van der Waals surface area contributed by atoms with Crippen molar-refractivity contribution < 1.29 is 13.5 Å². The Labute approximate surface area is 132 Å². The quantitative estimate of drug-likeness (QED) is 0.786. The lowest BCUT2D eigenvalue weighted by molar-refractivity contribution is 0.285. The molecule has 1 aliphatic carbocycles. The van der Waals surface area contributed by atoms with Gasteiger partial charge in [-0.1, -0.05) is 26.2 Å². The van der Waals surface area contributed by atoms with Crippen LogP contribution >= 0.6 is 27.3 Å². The molecular weight excluding hydrogens is 362 g/mol. The maximum Gasteiger partial charge on any atom is 0.242 e. The topological polar surface area (TPSA) is 66.4 Å². The van der Waals surface area contributed by atoms with Crippen molar-refractivity contribution in [1.29, 1.82) is 0 Å². The summed E-state index contributed by atoms with van der Waals surface area (Å²) in [7, 11) is -3.53. The second kappa shape index (κ2) is 6.87. The predicted molar refractivity (Wildman–Crippen MR) is 84.3 cm³/mol. The summed E-state index contributed by atoms with van der Waals surface area (Å²) in [5.41, 5.74) is 0. The largest absolute Gasteiger partial charge is 0.391 e. The van der Waals surface area contributed by atoms with E-state index in [-0.39, 0.29) is 17.5 Å². The van der Waals surface area contributed by atoms with Crippen molar-refractivity contribution in [3.05, 3.63) is 14.7 Å². The molecule has 0 saturated heterocycles.